The zero-order valence-corrected chi connectivity index (χ0v) is 37.0. The molecule has 0 aromatic heterocycles. The van der Waals surface area contributed by atoms with Gasteiger partial charge in [0.25, 0.3) is 0 Å². The number of esters is 3. The summed E-state index contributed by atoms with van der Waals surface area (Å²) < 4.78 is 16.7. The number of carbonyl (C=O) groups excluding carboxylic acids is 3. The maximum atomic E-state index is 12.7. The minimum absolute atomic E-state index is 0.0673. The van der Waals surface area contributed by atoms with E-state index in [2.05, 4.69) is 41.5 Å². The van der Waals surface area contributed by atoms with Crippen LogP contribution in [0.25, 0.3) is 0 Å². The molecule has 320 valence electrons. The Morgan fingerprint density at radius 2 is 0.648 bits per heavy atom. The van der Waals surface area contributed by atoms with E-state index in [-0.39, 0.29) is 31.1 Å². The van der Waals surface area contributed by atoms with Gasteiger partial charge in [0.1, 0.15) is 13.2 Å². The molecule has 54 heavy (non-hydrogen) atoms. The van der Waals surface area contributed by atoms with Crippen LogP contribution in [0.5, 0.6) is 0 Å². The quantitative estimate of drug-likeness (QED) is 0.0350. The van der Waals surface area contributed by atoms with Gasteiger partial charge < -0.3 is 14.2 Å². The van der Waals surface area contributed by atoms with Gasteiger partial charge in [-0.3, -0.25) is 14.4 Å². The van der Waals surface area contributed by atoms with Crippen LogP contribution in [-0.2, 0) is 28.6 Å². The fraction of sp³-hybridized carbons (Fsp3) is 0.938. The van der Waals surface area contributed by atoms with E-state index in [0.29, 0.717) is 19.3 Å². The molecule has 0 aliphatic rings. The summed E-state index contributed by atoms with van der Waals surface area (Å²) >= 11 is 0. The van der Waals surface area contributed by atoms with E-state index >= 15 is 0 Å². The second-order valence-corrected chi connectivity index (χ2v) is 17.6. The third kappa shape index (κ3) is 40.1. The van der Waals surface area contributed by atoms with Gasteiger partial charge in [0.15, 0.2) is 6.10 Å². The van der Waals surface area contributed by atoms with Crippen molar-refractivity contribution in [2.75, 3.05) is 13.2 Å². The molecule has 0 amide bonds. The minimum atomic E-state index is -0.762. The highest BCUT2D eigenvalue weighted by molar-refractivity contribution is 5.71. The van der Waals surface area contributed by atoms with Crippen molar-refractivity contribution in [1.29, 1.82) is 0 Å². The minimum Gasteiger partial charge on any atom is -0.462 e. The second-order valence-electron chi connectivity index (χ2n) is 17.6. The maximum absolute atomic E-state index is 12.7. The van der Waals surface area contributed by atoms with Gasteiger partial charge in [0.2, 0.25) is 0 Å². The first-order valence-corrected chi connectivity index (χ1v) is 23.6. The molecule has 0 aromatic carbocycles. The van der Waals surface area contributed by atoms with Gasteiger partial charge in [-0.2, -0.15) is 0 Å². The Morgan fingerprint density at radius 1 is 0.370 bits per heavy atom. The fourth-order valence-electron chi connectivity index (χ4n) is 7.02. The zero-order valence-electron chi connectivity index (χ0n) is 37.0. The lowest BCUT2D eigenvalue weighted by molar-refractivity contribution is -0.167. The average molecular weight is 765 g/mol. The molecule has 0 rings (SSSR count). The summed E-state index contributed by atoms with van der Waals surface area (Å²) in [7, 11) is 0. The van der Waals surface area contributed by atoms with E-state index in [1.165, 1.54) is 135 Å². The third-order valence-corrected chi connectivity index (χ3v) is 11.0. The average Bonchev–Trinajstić information content (AvgIpc) is 3.14. The molecule has 0 aromatic rings. The molecular formula is C48H92O6. The Bertz CT molecular complexity index is 839. The van der Waals surface area contributed by atoms with E-state index in [9.17, 15) is 14.4 Å². The normalized spacial score (nSPS) is 12.7. The molecule has 0 fully saturated rings. The lowest BCUT2D eigenvalue weighted by Crippen LogP contribution is -2.30. The molecule has 0 aliphatic carbocycles. The summed E-state index contributed by atoms with van der Waals surface area (Å²) in [5.74, 6) is 1.55. The van der Waals surface area contributed by atoms with E-state index in [4.69, 9.17) is 14.2 Å². The predicted octanol–water partition coefficient (Wildman–Crippen LogP) is 14.8. The molecule has 2 atom stereocenters. The molecule has 6 heteroatoms. The summed E-state index contributed by atoms with van der Waals surface area (Å²) in [5, 5.41) is 0. The lowest BCUT2D eigenvalue weighted by Gasteiger charge is -2.18. The molecule has 0 spiro atoms. The summed E-state index contributed by atoms with van der Waals surface area (Å²) in [6, 6.07) is 0. The number of hydrogen-bond acceptors (Lipinski definition) is 6. The molecular weight excluding hydrogens is 673 g/mol. The van der Waals surface area contributed by atoms with Crippen molar-refractivity contribution < 1.29 is 28.6 Å². The van der Waals surface area contributed by atoms with E-state index in [1.54, 1.807) is 0 Å². The van der Waals surface area contributed by atoms with Crippen LogP contribution in [0.15, 0.2) is 0 Å². The lowest BCUT2D eigenvalue weighted by atomic mass is 10.00. The van der Waals surface area contributed by atoms with Crippen molar-refractivity contribution >= 4 is 17.9 Å². The Hall–Kier alpha value is -1.59. The van der Waals surface area contributed by atoms with Gasteiger partial charge in [-0.15, -0.1) is 0 Å². The Kier molecular flexibility index (Phi) is 38.5. The van der Waals surface area contributed by atoms with Crippen molar-refractivity contribution in [3.63, 3.8) is 0 Å². The Labute approximate surface area is 336 Å². The highest BCUT2D eigenvalue weighted by Gasteiger charge is 2.19. The predicted molar refractivity (Wildman–Crippen MR) is 229 cm³/mol. The van der Waals surface area contributed by atoms with Crippen LogP contribution in [0, 0.1) is 17.8 Å². The SMILES string of the molecule is CCC(C)CCCCCCCCC(=O)OC[C@H](COC(=O)CCCCCCCCC(C)C)OC(=O)CCCCCCCCCCCCCCCCC(C)C. The summed E-state index contributed by atoms with van der Waals surface area (Å²) in [6.45, 7) is 13.6. The summed E-state index contributed by atoms with van der Waals surface area (Å²) in [6.07, 6.45) is 36.8. The monoisotopic (exact) mass is 765 g/mol. The van der Waals surface area contributed by atoms with Gasteiger partial charge >= 0.3 is 17.9 Å². The molecule has 0 saturated carbocycles. The Balaban J connectivity index is 4.29. The topological polar surface area (TPSA) is 78.9 Å². The van der Waals surface area contributed by atoms with Gasteiger partial charge in [-0.05, 0) is 37.0 Å². The molecule has 6 nitrogen and oxygen atoms in total. The summed E-state index contributed by atoms with van der Waals surface area (Å²) in [4.78, 5) is 37.7. The maximum Gasteiger partial charge on any atom is 0.306 e. The van der Waals surface area contributed by atoms with E-state index in [1.807, 2.05) is 0 Å². The highest BCUT2D eigenvalue weighted by Crippen LogP contribution is 2.17. The molecule has 0 aliphatic heterocycles. The van der Waals surface area contributed by atoms with Crippen molar-refractivity contribution in [1.82, 2.24) is 0 Å². The van der Waals surface area contributed by atoms with Crippen LogP contribution in [0.4, 0.5) is 0 Å². The number of hydrogen-bond donors (Lipinski definition) is 0. The highest BCUT2D eigenvalue weighted by atomic mass is 16.6. The molecule has 1 unspecified atom stereocenters. The fourth-order valence-corrected chi connectivity index (χ4v) is 7.02. The Morgan fingerprint density at radius 3 is 0.963 bits per heavy atom. The van der Waals surface area contributed by atoms with Crippen LogP contribution >= 0.6 is 0 Å². The molecule has 0 N–H and O–H groups in total. The first-order chi connectivity index (χ1) is 26.1. The third-order valence-electron chi connectivity index (χ3n) is 11.0. The van der Waals surface area contributed by atoms with Crippen molar-refractivity contribution in [2.45, 2.75) is 260 Å². The number of unbranched alkanes of at least 4 members (excludes halogenated alkanes) is 23. The van der Waals surface area contributed by atoms with Gasteiger partial charge in [0, 0.05) is 19.3 Å². The number of ether oxygens (including phenoxy) is 3. The smallest absolute Gasteiger partial charge is 0.306 e. The van der Waals surface area contributed by atoms with Gasteiger partial charge in [-0.25, -0.2) is 0 Å². The number of carbonyl (C=O) groups is 3. The van der Waals surface area contributed by atoms with Crippen molar-refractivity contribution in [3.8, 4) is 0 Å². The van der Waals surface area contributed by atoms with E-state index in [0.717, 1.165) is 75.5 Å². The second kappa shape index (κ2) is 39.6. The van der Waals surface area contributed by atoms with Crippen molar-refractivity contribution in [3.05, 3.63) is 0 Å². The standard InChI is InChI=1S/C48H92O6/c1-7-44(6)36-30-24-19-21-26-32-38-47(50)53-41-45(40-52-46(49)37-31-25-20-18-23-29-35-43(4)5)54-48(51)39-33-27-17-15-13-11-9-8-10-12-14-16-22-28-34-42(2)3/h42-45H,7-41H2,1-6H3/t44?,45-/m0/s1. The van der Waals surface area contributed by atoms with Gasteiger partial charge in [0.05, 0.1) is 0 Å². The van der Waals surface area contributed by atoms with E-state index < -0.39 is 6.10 Å². The van der Waals surface area contributed by atoms with Crippen molar-refractivity contribution in [2.24, 2.45) is 17.8 Å². The largest absolute Gasteiger partial charge is 0.462 e. The summed E-state index contributed by atoms with van der Waals surface area (Å²) in [5.41, 5.74) is 0. The zero-order chi connectivity index (χ0) is 39.9. The molecule has 0 radical (unpaired) electrons. The van der Waals surface area contributed by atoms with Crippen LogP contribution in [0.3, 0.4) is 0 Å². The molecule has 0 saturated heterocycles. The molecule has 0 bridgehead atoms. The van der Waals surface area contributed by atoms with Crippen LogP contribution in [0.1, 0.15) is 253 Å². The van der Waals surface area contributed by atoms with Crippen LogP contribution in [-0.4, -0.2) is 37.2 Å². The first-order valence-electron chi connectivity index (χ1n) is 23.6. The molecule has 0 heterocycles. The van der Waals surface area contributed by atoms with Gasteiger partial charge in [-0.1, -0.05) is 215 Å². The number of rotatable bonds is 41. The van der Waals surface area contributed by atoms with Crippen LogP contribution < -0.4 is 0 Å². The first kappa shape index (κ1) is 52.4. The van der Waals surface area contributed by atoms with Crippen LogP contribution in [0.2, 0.25) is 0 Å².